The predicted octanol–water partition coefficient (Wildman–Crippen LogP) is 3.50. The van der Waals surface area contributed by atoms with Gasteiger partial charge in [0.2, 0.25) is 0 Å². The minimum Gasteiger partial charge on any atom is -0.748 e. The summed E-state index contributed by atoms with van der Waals surface area (Å²) in [6.45, 7) is 1.64. The Hall–Kier alpha value is -1.23. The van der Waals surface area contributed by atoms with Crippen LogP contribution in [0.4, 0.5) is 11.4 Å². The van der Waals surface area contributed by atoms with Gasteiger partial charge in [-0.1, -0.05) is 66.7 Å². The average Bonchev–Trinajstić information content (AvgIpc) is 2.88. The van der Waals surface area contributed by atoms with E-state index in [1.165, 1.54) is 37.9 Å². The van der Waals surface area contributed by atoms with E-state index >= 15 is 0 Å². The van der Waals surface area contributed by atoms with Crippen LogP contribution in [0, 0.1) is 0 Å². The molecule has 1 heterocycles. The van der Waals surface area contributed by atoms with E-state index in [4.69, 9.17) is 4.74 Å². The number of fused-ring (bicyclic) bond motifs is 2. The number of hydrogen-bond acceptors (Lipinski definition) is 7. The molecule has 0 fully saturated rings. The third kappa shape index (κ3) is 8.38. The summed E-state index contributed by atoms with van der Waals surface area (Å²) in [7, 11) is -4.17. The van der Waals surface area contributed by atoms with Crippen molar-refractivity contribution < 1.29 is 47.3 Å². The predicted molar refractivity (Wildman–Crippen MR) is 152 cm³/mol. The minimum atomic E-state index is -4.17. The topological polar surface area (TPSA) is 69.7 Å². The van der Waals surface area contributed by atoms with Crippen LogP contribution in [0.5, 0.6) is 0 Å². The Morgan fingerprint density at radius 1 is 0.865 bits per heavy atom. The van der Waals surface area contributed by atoms with Gasteiger partial charge in [0.1, 0.15) is 0 Å². The van der Waals surface area contributed by atoms with Crippen molar-refractivity contribution in [3.63, 3.8) is 0 Å². The van der Waals surface area contributed by atoms with Gasteiger partial charge >= 0.3 is 29.6 Å². The number of hydrogen-bond donors (Lipinski definition) is 0. The maximum atomic E-state index is 10.7. The van der Waals surface area contributed by atoms with E-state index in [9.17, 15) is 13.0 Å². The van der Waals surface area contributed by atoms with Gasteiger partial charge in [0, 0.05) is 63.6 Å². The van der Waals surface area contributed by atoms with Gasteiger partial charge < -0.3 is 14.2 Å². The summed E-state index contributed by atoms with van der Waals surface area (Å²) in [6, 6.07) is 27.8. The van der Waals surface area contributed by atoms with Gasteiger partial charge in [-0.15, -0.1) is 23.5 Å². The molecule has 37 heavy (non-hydrogen) atoms. The molecule has 0 N–H and O–H groups in total. The van der Waals surface area contributed by atoms with Crippen molar-refractivity contribution in [3.8, 4) is 0 Å². The molecule has 0 saturated carbocycles. The fourth-order valence-electron chi connectivity index (χ4n) is 4.27. The molecule has 0 aliphatic carbocycles. The molecular weight excluding hydrogens is 534 g/mol. The first-order valence-corrected chi connectivity index (χ1v) is 15.7. The van der Waals surface area contributed by atoms with E-state index in [1.54, 1.807) is 11.8 Å². The summed E-state index contributed by atoms with van der Waals surface area (Å²) in [5, 5.41) is 0. The first-order chi connectivity index (χ1) is 17.5. The second kappa shape index (κ2) is 14.8. The van der Waals surface area contributed by atoms with Crippen molar-refractivity contribution in [1.29, 1.82) is 0 Å². The van der Waals surface area contributed by atoms with E-state index in [2.05, 4.69) is 84.0 Å². The van der Waals surface area contributed by atoms with Gasteiger partial charge in [-0.2, -0.15) is 0 Å². The zero-order valence-corrected chi connectivity index (χ0v) is 25.7. The molecule has 190 valence electrons. The molecule has 0 unspecified atom stereocenters. The largest absolute Gasteiger partial charge is 1.00 e. The second-order valence-corrected chi connectivity index (χ2v) is 12.1. The molecule has 0 atom stereocenters. The van der Waals surface area contributed by atoms with E-state index in [1.807, 2.05) is 17.8 Å². The summed E-state index contributed by atoms with van der Waals surface area (Å²) in [6.07, 6.45) is 3.21. The number of thioether (sulfide) groups is 2. The molecule has 5 nitrogen and oxygen atoms in total. The molecule has 1 aliphatic rings. The van der Waals surface area contributed by atoms with Gasteiger partial charge in [0.05, 0.1) is 10.1 Å². The van der Waals surface area contributed by atoms with Crippen LogP contribution in [-0.2, 0) is 21.4 Å². The Kier molecular flexibility index (Phi) is 12.1. The molecule has 0 spiro atoms. The van der Waals surface area contributed by atoms with E-state index < -0.39 is 10.1 Å². The summed E-state index contributed by atoms with van der Waals surface area (Å²) in [5.74, 6) is 0.516. The normalized spacial score (nSPS) is 12.5. The standard InChI is InChI=1S/C28H31NO4S3.Na/c1-34-28(35-19-9-17-33-18-10-20-36(30,31)32)27-23-13-5-7-15-25(23)29(21-22-11-3-2-4-12-22)26-16-8-6-14-24(26)27;/h2-8,11-16H,9-10,17-21H2,1H3,(H,30,31,32);/q;+1/p-1. The first-order valence-electron chi connectivity index (χ1n) is 11.9. The number of benzene rings is 3. The summed E-state index contributed by atoms with van der Waals surface area (Å²) in [5.41, 5.74) is 7.42. The monoisotopic (exact) mass is 563 g/mol. The SMILES string of the molecule is CSC(SCCCOCCCS(=O)(=O)[O-])=C1c2ccccc2N(Cc2ccccc2)c2ccccc21.[Na+]. The zero-order valence-electron chi connectivity index (χ0n) is 21.3. The van der Waals surface area contributed by atoms with Crippen LogP contribution < -0.4 is 34.5 Å². The van der Waals surface area contributed by atoms with Gasteiger partial charge in [-0.05, 0) is 36.8 Å². The van der Waals surface area contributed by atoms with Crippen LogP contribution >= 0.6 is 23.5 Å². The summed E-state index contributed by atoms with van der Waals surface area (Å²) < 4.78 is 38.9. The maximum Gasteiger partial charge on any atom is 1.00 e. The number of ether oxygens (including phenoxy) is 1. The number of para-hydroxylation sites is 2. The van der Waals surface area contributed by atoms with Gasteiger partial charge in [0.25, 0.3) is 0 Å². The Balaban J connectivity index is 0.00000380. The number of rotatable bonds is 12. The molecular formula is C28H30NNaO4S3. The average molecular weight is 564 g/mol. The first kappa shape index (κ1) is 30.3. The van der Waals surface area contributed by atoms with Crippen LogP contribution in [0.15, 0.2) is 83.1 Å². The molecule has 0 bridgehead atoms. The summed E-state index contributed by atoms with van der Waals surface area (Å²) in [4.78, 5) is 2.40. The van der Waals surface area contributed by atoms with Gasteiger partial charge in [-0.3, -0.25) is 0 Å². The molecule has 9 heteroatoms. The number of nitrogens with zero attached hydrogens (tertiary/aromatic N) is 1. The van der Waals surface area contributed by atoms with Crippen molar-refractivity contribution in [2.24, 2.45) is 0 Å². The Bertz CT molecular complexity index is 1250. The molecule has 1 aliphatic heterocycles. The minimum absolute atomic E-state index is 0. The van der Waals surface area contributed by atoms with Gasteiger partial charge in [-0.25, -0.2) is 8.42 Å². The fourth-order valence-corrected chi connectivity index (χ4v) is 6.70. The fraction of sp³-hybridized carbons (Fsp3) is 0.286. The third-order valence-corrected chi connectivity index (χ3v) is 9.03. The maximum absolute atomic E-state index is 10.7. The van der Waals surface area contributed by atoms with Crippen LogP contribution in [0.1, 0.15) is 29.5 Å². The van der Waals surface area contributed by atoms with Crippen LogP contribution in [-0.4, -0.2) is 43.9 Å². The van der Waals surface area contributed by atoms with Crippen molar-refractivity contribution in [1.82, 2.24) is 0 Å². The van der Waals surface area contributed by atoms with Crippen molar-refractivity contribution in [2.45, 2.75) is 19.4 Å². The number of anilines is 2. The molecule has 3 aromatic carbocycles. The van der Waals surface area contributed by atoms with Crippen molar-refractivity contribution >= 4 is 50.6 Å². The Morgan fingerprint density at radius 3 is 2.03 bits per heavy atom. The summed E-state index contributed by atoms with van der Waals surface area (Å²) >= 11 is 3.59. The molecule has 0 saturated heterocycles. The van der Waals surface area contributed by atoms with E-state index in [-0.39, 0.29) is 41.7 Å². The smallest absolute Gasteiger partial charge is 0.748 e. The van der Waals surface area contributed by atoms with Crippen molar-refractivity contribution in [2.75, 3.05) is 35.9 Å². The van der Waals surface area contributed by atoms with Crippen LogP contribution in [0.2, 0.25) is 0 Å². The third-order valence-electron chi connectivity index (χ3n) is 5.85. The van der Waals surface area contributed by atoms with E-state index in [0.717, 1.165) is 18.7 Å². The molecule has 0 amide bonds. The second-order valence-electron chi connectivity index (χ2n) is 8.40. The molecule has 4 rings (SSSR count). The Morgan fingerprint density at radius 2 is 1.43 bits per heavy atom. The zero-order chi connectivity index (χ0) is 25.4. The quantitative estimate of drug-likeness (QED) is 0.190. The van der Waals surface area contributed by atoms with Gasteiger partial charge in [0.15, 0.2) is 0 Å². The molecule has 0 radical (unpaired) electrons. The van der Waals surface area contributed by atoms with Crippen LogP contribution in [0.3, 0.4) is 0 Å². The van der Waals surface area contributed by atoms with Crippen molar-refractivity contribution in [3.05, 3.63) is 99.8 Å². The molecule has 0 aromatic heterocycles. The Labute approximate surface area is 251 Å². The van der Waals surface area contributed by atoms with Crippen LogP contribution in [0.25, 0.3) is 5.57 Å². The van der Waals surface area contributed by atoms with E-state index in [0.29, 0.717) is 13.2 Å². The molecule has 3 aromatic rings.